The van der Waals surface area contributed by atoms with Crippen molar-refractivity contribution in [1.29, 1.82) is 0 Å². The quantitative estimate of drug-likeness (QED) is 0.294. The molecule has 0 heterocycles. The molecule has 2 atom stereocenters. The maximum atomic E-state index is 10.3. The number of amides is 2. The van der Waals surface area contributed by atoms with E-state index in [1.807, 2.05) is 13.0 Å². The van der Waals surface area contributed by atoms with E-state index in [2.05, 4.69) is 17.6 Å². The highest BCUT2D eigenvalue weighted by Crippen LogP contribution is 2.15. The minimum atomic E-state index is -0.500. The Kier molecular flexibility index (Phi) is 12.9. The molecule has 100 valence electrons. The zero-order chi connectivity index (χ0) is 12.4. The van der Waals surface area contributed by atoms with Gasteiger partial charge in [0.25, 0.3) is 0 Å². The van der Waals surface area contributed by atoms with Crippen molar-refractivity contribution in [1.82, 2.24) is 10.6 Å². The summed E-state index contributed by atoms with van der Waals surface area (Å²) in [5.41, 5.74) is 0.428. The maximum Gasteiger partial charge on any atom is 0.208 e. The van der Waals surface area contributed by atoms with Crippen molar-refractivity contribution >= 4 is 36.8 Å². The first-order valence-corrected chi connectivity index (χ1v) is 5.81. The third kappa shape index (κ3) is 9.01. The first kappa shape index (κ1) is 18.6. The lowest BCUT2D eigenvalue weighted by Crippen LogP contribution is -2.30. The smallest absolute Gasteiger partial charge is 0.208 e. The summed E-state index contributed by atoms with van der Waals surface area (Å²) in [6.45, 7) is 3.95. The van der Waals surface area contributed by atoms with Gasteiger partial charge in [0.2, 0.25) is 12.8 Å². The van der Waals surface area contributed by atoms with Gasteiger partial charge in [-0.15, -0.1) is 12.4 Å². The van der Waals surface area contributed by atoms with E-state index in [4.69, 9.17) is 11.6 Å². The van der Waals surface area contributed by atoms with Gasteiger partial charge in [0, 0.05) is 6.04 Å². The Labute approximate surface area is 114 Å². The van der Waals surface area contributed by atoms with Crippen molar-refractivity contribution < 1.29 is 9.59 Å². The van der Waals surface area contributed by atoms with E-state index in [0.29, 0.717) is 19.2 Å². The molecule has 0 rings (SSSR count). The molecule has 17 heavy (non-hydrogen) atoms. The van der Waals surface area contributed by atoms with Crippen LogP contribution >= 0.6 is 24.0 Å². The van der Waals surface area contributed by atoms with Gasteiger partial charge in [-0.3, -0.25) is 9.59 Å². The predicted octanol–water partition coefficient (Wildman–Crippen LogP) is 1.97. The molecule has 0 aliphatic heterocycles. The lowest BCUT2D eigenvalue weighted by atomic mass is 10.1. The molecule has 0 aromatic carbocycles. The van der Waals surface area contributed by atoms with Crippen LogP contribution in [0.3, 0.4) is 0 Å². The highest BCUT2D eigenvalue weighted by atomic mass is 35.5. The van der Waals surface area contributed by atoms with Gasteiger partial charge in [0.15, 0.2) is 0 Å². The molecule has 2 amide bonds. The summed E-state index contributed by atoms with van der Waals surface area (Å²) < 4.78 is 0. The van der Waals surface area contributed by atoms with Crippen LogP contribution in [-0.4, -0.2) is 24.4 Å². The predicted molar refractivity (Wildman–Crippen MR) is 72.4 cm³/mol. The van der Waals surface area contributed by atoms with E-state index in [-0.39, 0.29) is 18.4 Å². The zero-order valence-corrected chi connectivity index (χ0v) is 11.7. The molecule has 0 saturated heterocycles. The highest BCUT2D eigenvalue weighted by molar-refractivity contribution is 6.22. The molecular formula is C11H20Cl2N2O2. The third-order valence-corrected chi connectivity index (χ3v) is 2.54. The fraction of sp³-hybridized carbons (Fsp3) is 0.636. The van der Waals surface area contributed by atoms with Gasteiger partial charge in [-0.1, -0.05) is 31.0 Å². The number of carbonyl (C=O) groups excluding carboxylic acids is 2. The van der Waals surface area contributed by atoms with Crippen molar-refractivity contribution in [2.45, 2.75) is 44.7 Å². The van der Waals surface area contributed by atoms with Crippen LogP contribution in [0.5, 0.6) is 0 Å². The van der Waals surface area contributed by atoms with E-state index in [9.17, 15) is 9.59 Å². The summed E-state index contributed by atoms with van der Waals surface area (Å²) >= 11 is 6.00. The number of unbranched alkanes of at least 4 members (excludes halogenated alkanes) is 1. The second-order valence-corrected chi connectivity index (χ2v) is 4.04. The Morgan fingerprint density at radius 2 is 1.88 bits per heavy atom. The Hall–Kier alpha value is -0.740. The highest BCUT2D eigenvalue weighted by Gasteiger charge is 2.12. The van der Waals surface area contributed by atoms with E-state index >= 15 is 0 Å². The average molecular weight is 283 g/mol. The summed E-state index contributed by atoms with van der Waals surface area (Å²) in [5, 5.41) is 5.16. The fourth-order valence-electron chi connectivity index (χ4n) is 1.32. The molecule has 0 aliphatic carbocycles. The summed E-state index contributed by atoms with van der Waals surface area (Å²) in [7, 11) is 0. The number of carbonyl (C=O) groups is 2. The van der Waals surface area contributed by atoms with E-state index in [1.54, 1.807) is 0 Å². The SMILES string of the molecule is CCCC=C(CC(C)NC=O)C(Cl)NC=O.Cl. The number of allylic oxidation sites excluding steroid dienone is 1. The second kappa shape index (κ2) is 11.7. The minimum Gasteiger partial charge on any atom is -0.356 e. The molecule has 2 unspecified atom stereocenters. The number of nitrogens with one attached hydrogen (secondary N) is 2. The standard InChI is InChI=1S/C11H19ClN2O2.ClH/c1-3-4-5-10(11(12)14-8-16)6-9(2)13-7-15;/h5,7-9,11H,3-4,6H2,1-2H3,(H,13,15)(H,14,16);1H. The van der Waals surface area contributed by atoms with Crippen LogP contribution in [0.1, 0.15) is 33.1 Å². The Morgan fingerprint density at radius 1 is 1.29 bits per heavy atom. The lowest BCUT2D eigenvalue weighted by Gasteiger charge is -2.17. The van der Waals surface area contributed by atoms with Gasteiger partial charge in [-0.05, 0) is 25.3 Å². The normalized spacial score (nSPS) is 14.2. The van der Waals surface area contributed by atoms with Crippen LogP contribution in [0.15, 0.2) is 11.6 Å². The molecule has 0 spiro atoms. The molecule has 0 saturated carbocycles. The molecule has 4 nitrogen and oxygen atoms in total. The van der Waals surface area contributed by atoms with Crippen LogP contribution in [-0.2, 0) is 9.59 Å². The van der Waals surface area contributed by atoms with E-state index < -0.39 is 5.50 Å². The van der Waals surface area contributed by atoms with Crippen molar-refractivity contribution in [3.05, 3.63) is 11.6 Å². The van der Waals surface area contributed by atoms with E-state index in [1.165, 1.54) is 0 Å². The molecule has 0 aliphatic rings. The van der Waals surface area contributed by atoms with Crippen molar-refractivity contribution in [2.75, 3.05) is 0 Å². The van der Waals surface area contributed by atoms with Crippen LogP contribution in [0, 0.1) is 0 Å². The van der Waals surface area contributed by atoms with Crippen molar-refractivity contribution in [3.63, 3.8) is 0 Å². The largest absolute Gasteiger partial charge is 0.356 e. The minimum absolute atomic E-state index is 0. The fourth-order valence-corrected chi connectivity index (χ4v) is 1.55. The summed E-state index contributed by atoms with van der Waals surface area (Å²) in [6, 6.07) is 0.00954. The second-order valence-electron chi connectivity index (χ2n) is 3.60. The average Bonchev–Trinajstić information content (AvgIpc) is 2.24. The lowest BCUT2D eigenvalue weighted by molar-refractivity contribution is -0.110. The number of hydrogen-bond donors (Lipinski definition) is 2. The summed E-state index contributed by atoms with van der Waals surface area (Å²) in [6.07, 6.45) is 5.81. The first-order valence-electron chi connectivity index (χ1n) is 5.38. The number of hydrogen-bond acceptors (Lipinski definition) is 2. The Morgan fingerprint density at radius 3 is 2.35 bits per heavy atom. The molecule has 0 fully saturated rings. The molecule has 0 radical (unpaired) electrons. The Bertz CT molecular complexity index is 248. The van der Waals surface area contributed by atoms with Crippen LogP contribution in [0.4, 0.5) is 0 Å². The molecular weight excluding hydrogens is 263 g/mol. The summed E-state index contributed by atoms with van der Waals surface area (Å²) in [4.78, 5) is 20.6. The molecule has 6 heteroatoms. The zero-order valence-electron chi connectivity index (χ0n) is 10.1. The van der Waals surface area contributed by atoms with Gasteiger partial charge in [-0.25, -0.2) is 0 Å². The maximum absolute atomic E-state index is 10.3. The topological polar surface area (TPSA) is 58.2 Å². The van der Waals surface area contributed by atoms with Crippen LogP contribution < -0.4 is 10.6 Å². The van der Waals surface area contributed by atoms with Crippen LogP contribution in [0.2, 0.25) is 0 Å². The van der Waals surface area contributed by atoms with Gasteiger partial charge >= 0.3 is 0 Å². The molecule has 0 aromatic heterocycles. The van der Waals surface area contributed by atoms with Crippen LogP contribution in [0.25, 0.3) is 0 Å². The van der Waals surface area contributed by atoms with E-state index in [0.717, 1.165) is 18.4 Å². The molecule has 0 aromatic rings. The monoisotopic (exact) mass is 282 g/mol. The molecule has 2 N–H and O–H groups in total. The van der Waals surface area contributed by atoms with Gasteiger partial charge in [-0.2, -0.15) is 0 Å². The number of halogens is 2. The number of rotatable bonds is 9. The van der Waals surface area contributed by atoms with Gasteiger partial charge < -0.3 is 10.6 Å². The van der Waals surface area contributed by atoms with Crippen molar-refractivity contribution in [2.24, 2.45) is 0 Å². The van der Waals surface area contributed by atoms with Crippen molar-refractivity contribution in [3.8, 4) is 0 Å². The first-order chi connectivity index (χ1) is 7.65. The number of alkyl halides is 1. The summed E-state index contributed by atoms with van der Waals surface area (Å²) in [5.74, 6) is 0. The van der Waals surface area contributed by atoms with Gasteiger partial charge in [0.1, 0.15) is 5.50 Å². The van der Waals surface area contributed by atoms with Gasteiger partial charge in [0.05, 0.1) is 0 Å². The Balaban J connectivity index is 0. The molecule has 0 bridgehead atoms. The third-order valence-electron chi connectivity index (χ3n) is 2.13.